The molecular weight excluding hydrogens is 290 g/mol. The molecular formula is C14H21N3O3S. The summed E-state index contributed by atoms with van der Waals surface area (Å²) >= 11 is 1.62. The molecule has 0 spiro atoms. The second-order valence-electron chi connectivity index (χ2n) is 5.22. The molecule has 1 aromatic heterocycles. The van der Waals surface area contributed by atoms with Gasteiger partial charge in [-0.15, -0.1) is 11.3 Å². The molecule has 1 aliphatic heterocycles. The fraction of sp³-hybridized carbons (Fsp3) is 0.571. The molecule has 1 aromatic rings. The van der Waals surface area contributed by atoms with E-state index < -0.39 is 12.0 Å². The Morgan fingerprint density at radius 3 is 2.48 bits per heavy atom. The number of aliphatic carboxylic acids is 1. The zero-order valence-electron chi connectivity index (χ0n) is 12.3. The normalized spacial score (nSPS) is 19.0. The van der Waals surface area contributed by atoms with Gasteiger partial charge in [-0.2, -0.15) is 0 Å². The molecule has 2 N–H and O–H groups in total. The Hall–Kier alpha value is -1.60. The molecule has 6 nitrogen and oxygen atoms in total. The Morgan fingerprint density at radius 2 is 1.95 bits per heavy atom. The van der Waals surface area contributed by atoms with Crippen molar-refractivity contribution in [3.63, 3.8) is 0 Å². The molecule has 1 saturated heterocycles. The number of urea groups is 1. The first-order valence-electron chi connectivity index (χ1n) is 7.04. The number of hydrogen-bond donors (Lipinski definition) is 2. The Kier molecular flexibility index (Phi) is 5.19. The number of thiophene rings is 1. The molecule has 2 heterocycles. The Balaban J connectivity index is 1.82. The largest absolute Gasteiger partial charge is 0.480 e. The minimum Gasteiger partial charge on any atom is -0.480 e. The maximum atomic E-state index is 12.2. The molecule has 0 bridgehead atoms. The maximum Gasteiger partial charge on any atom is 0.320 e. The fourth-order valence-electron chi connectivity index (χ4n) is 2.35. The zero-order valence-corrected chi connectivity index (χ0v) is 13.1. The predicted molar refractivity (Wildman–Crippen MR) is 81.5 cm³/mol. The van der Waals surface area contributed by atoms with Crippen molar-refractivity contribution < 1.29 is 14.7 Å². The lowest BCUT2D eigenvalue weighted by Gasteiger charge is -2.36. The van der Waals surface area contributed by atoms with Gasteiger partial charge in [-0.05, 0) is 25.3 Å². The van der Waals surface area contributed by atoms with Crippen LogP contribution in [0.25, 0.3) is 0 Å². The lowest BCUT2D eigenvalue weighted by Crippen LogP contribution is -2.55. The Morgan fingerprint density at radius 1 is 1.29 bits per heavy atom. The molecule has 1 aliphatic rings. The summed E-state index contributed by atoms with van der Waals surface area (Å²) in [4.78, 5) is 27.9. The molecule has 2 rings (SSSR count). The topological polar surface area (TPSA) is 72.9 Å². The van der Waals surface area contributed by atoms with Crippen LogP contribution in [0.15, 0.2) is 17.5 Å². The molecule has 2 amide bonds. The molecule has 0 radical (unpaired) electrons. The molecule has 2 atom stereocenters. The number of nitrogens with one attached hydrogen (secondary N) is 1. The first-order chi connectivity index (χ1) is 9.99. The van der Waals surface area contributed by atoms with Crippen LogP contribution in [0.5, 0.6) is 0 Å². The molecule has 0 aliphatic carbocycles. The van der Waals surface area contributed by atoms with E-state index in [4.69, 9.17) is 5.11 Å². The monoisotopic (exact) mass is 311 g/mol. The number of amides is 2. The van der Waals surface area contributed by atoms with Crippen molar-refractivity contribution in [1.29, 1.82) is 0 Å². The first kappa shape index (κ1) is 15.8. The van der Waals surface area contributed by atoms with Crippen LogP contribution in [0.4, 0.5) is 4.79 Å². The minimum atomic E-state index is -0.820. The summed E-state index contributed by atoms with van der Waals surface area (Å²) in [7, 11) is 0. The van der Waals surface area contributed by atoms with Crippen molar-refractivity contribution in [3.05, 3.63) is 22.4 Å². The van der Waals surface area contributed by atoms with Gasteiger partial charge >= 0.3 is 12.0 Å². The van der Waals surface area contributed by atoms with Crippen molar-refractivity contribution in [2.24, 2.45) is 0 Å². The van der Waals surface area contributed by atoms with Gasteiger partial charge in [0.25, 0.3) is 0 Å². The van der Waals surface area contributed by atoms with Crippen LogP contribution in [0.2, 0.25) is 0 Å². The SMILES string of the molecule is CC(NC(=O)N1CCN(C(C)C(=O)O)CC1)c1cccs1. The number of piperazine rings is 1. The summed E-state index contributed by atoms with van der Waals surface area (Å²) in [6, 6.07) is 3.38. The van der Waals surface area contributed by atoms with Gasteiger partial charge in [-0.25, -0.2) is 4.79 Å². The summed E-state index contributed by atoms with van der Waals surface area (Å²) in [6.07, 6.45) is 0. The van der Waals surface area contributed by atoms with Gasteiger partial charge in [0.2, 0.25) is 0 Å². The fourth-order valence-corrected chi connectivity index (χ4v) is 3.09. The second-order valence-corrected chi connectivity index (χ2v) is 6.20. The van der Waals surface area contributed by atoms with Crippen LogP contribution in [-0.2, 0) is 4.79 Å². The third kappa shape index (κ3) is 3.95. The Labute approximate surface area is 128 Å². The van der Waals surface area contributed by atoms with Gasteiger partial charge in [0.15, 0.2) is 0 Å². The van der Waals surface area contributed by atoms with E-state index in [1.807, 2.05) is 29.3 Å². The highest BCUT2D eigenvalue weighted by atomic mass is 32.1. The molecule has 7 heteroatoms. The van der Waals surface area contributed by atoms with E-state index in [2.05, 4.69) is 5.32 Å². The van der Waals surface area contributed by atoms with Crippen molar-refractivity contribution >= 4 is 23.3 Å². The van der Waals surface area contributed by atoms with Gasteiger partial charge in [-0.1, -0.05) is 6.07 Å². The summed E-state index contributed by atoms with van der Waals surface area (Å²) in [5.41, 5.74) is 0. The summed E-state index contributed by atoms with van der Waals surface area (Å²) in [5.74, 6) is -0.820. The van der Waals surface area contributed by atoms with Gasteiger partial charge < -0.3 is 15.3 Å². The van der Waals surface area contributed by atoms with Crippen LogP contribution in [-0.4, -0.2) is 59.1 Å². The van der Waals surface area contributed by atoms with Gasteiger partial charge in [0.05, 0.1) is 6.04 Å². The van der Waals surface area contributed by atoms with Crippen LogP contribution in [0.3, 0.4) is 0 Å². The van der Waals surface area contributed by atoms with Crippen molar-refractivity contribution in [1.82, 2.24) is 15.1 Å². The van der Waals surface area contributed by atoms with Crippen LogP contribution in [0.1, 0.15) is 24.8 Å². The average molecular weight is 311 g/mol. The number of carbonyl (C=O) groups excluding carboxylic acids is 1. The molecule has 1 fully saturated rings. The number of carbonyl (C=O) groups is 2. The summed E-state index contributed by atoms with van der Waals surface area (Å²) < 4.78 is 0. The highest BCUT2D eigenvalue weighted by Crippen LogP contribution is 2.18. The van der Waals surface area contributed by atoms with E-state index in [0.717, 1.165) is 4.88 Å². The third-order valence-corrected chi connectivity index (χ3v) is 4.87. The second kappa shape index (κ2) is 6.91. The van der Waals surface area contributed by atoms with E-state index in [-0.39, 0.29) is 12.1 Å². The molecule has 2 unspecified atom stereocenters. The lowest BCUT2D eigenvalue weighted by atomic mass is 10.2. The lowest BCUT2D eigenvalue weighted by molar-refractivity contribution is -0.143. The number of carboxylic acid groups (broad SMARTS) is 1. The van der Waals surface area contributed by atoms with Crippen LogP contribution < -0.4 is 5.32 Å². The summed E-state index contributed by atoms with van der Waals surface area (Å²) in [6.45, 7) is 5.94. The highest BCUT2D eigenvalue weighted by Gasteiger charge is 2.27. The first-order valence-corrected chi connectivity index (χ1v) is 7.92. The standard InChI is InChI=1S/C14H21N3O3S/c1-10(12-4-3-9-21-12)15-14(20)17-7-5-16(6-8-17)11(2)13(18)19/h3-4,9-11H,5-8H2,1-2H3,(H,15,20)(H,18,19). The van der Waals surface area contributed by atoms with E-state index in [1.165, 1.54) is 0 Å². The zero-order chi connectivity index (χ0) is 15.4. The molecule has 0 aromatic carbocycles. The quantitative estimate of drug-likeness (QED) is 0.886. The molecule has 116 valence electrons. The van der Waals surface area contributed by atoms with Gasteiger partial charge in [0.1, 0.15) is 6.04 Å². The minimum absolute atomic E-state index is 0.00604. The smallest absolute Gasteiger partial charge is 0.320 e. The average Bonchev–Trinajstić information content (AvgIpc) is 3.00. The van der Waals surface area contributed by atoms with E-state index in [0.29, 0.717) is 26.2 Å². The van der Waals surface area contributed by atoms with Crippen molar-refractivity contribution in [3.8, 4) is 0 Å². The van der Waals surface area contributed by atoms with Crippen molar-refractivity contribution in [2.75, 3.05) is 26.2 Å². The number of carboxylic acids is 1. The van der Waals surface area contributed by atoms with Crippen LogP contribution >= 0.6 is 11.3 Å². The highest BCUT2D eigenvalue weighted by molar-refractivity contribution is 7.10. The maximum absolute atomic E-state index is 12.2. The van der Waals surface area contributed by atoms with Crippen LogP contribution in [0, 0.1) is 0 Å². The Bertz CT molecular complexity index is 484. The molecule has 21 heavy (non-hydrogen) atoms. The van der Waals surface area contributed by atoms with E-state index in [9.17, 15) is 9.59 Å². The van der Waals surface area contributed by atoms with E-state index >= 15 is 0 Å². The molecule has 0 saturated carbocycles. The number of hydrogen-bond acceptors (Lipinski definition) is 4. The van der Waals surface area contributed by atoms with E-state index in [1.54, 1.807) is 23.2 Å². The predicted octanol–water partition coefficient (Wildman–Crippen LogP) is 1.61. The number of rotatable bonds is 4. The van der Waals surface area contributed by atoms with Gasteiger partial charge in [0, 0.05) is 31.1 Å². The van der Waals surface area contributed by atoms with Gasteiger partial charge in [-0.3, -0.25) is 9.69 Å². The number of nitrogens with zero attached hydrogens (tertiary/aromatic N) is 2. The third-order valence-electron chi connectivity index (χ3n) is 3.82. The summed E-state index contributed by atoms with van der Waals surface area (Å²) in [5, 5.41) is 14.0. The van der Waals surface area contributed by atoms with Crippen molar-refractivity contribution in [2.45, 2.75) is 25.9 Å².